The van der Waals surface area contributed by atoms with Gasteiger partial charge in [-0.15, -0.1) is 0 Å². The van der Waals surface area contributed by atoms with Crippen molar-refractivity contribution in [1.29, 1.82) is 0 Å². The molecule has 0 bridgehead atoms. The van der Waals surface area contributed by atoms with E-state index in [2.05, 4.69) is 10.5 Å². The highest BCUT2D eigenvalue weighted by Crippen LogP contribution is 2.19. The van der Waals surface area contributed by atoms with E-state index in [0.29, 0.717) is 11.5 Å². The van der Waals surface area contributed by atoms with Crippen molar-refractivity contribution in [2.24, 2.45) is 0 Å². The van der Waals surface area contributed by atoms with Gasteiger partial charge in [-0.05, 0) is 33.6 Å². The van der Waals surface area contributed by atoms with Crippen molar-refractivity contribution < 1.29 is 13.5 Å². The number of hydrogen-bond acceptors (Lipinski definition) is 4. The molecule has 0 spiro atoms. The summed E-state index contributed by atoms with van der Waals surface area (Å²) in [6.07, 6.45) is 4.41. The number of aryl methyl sites for hydroxylation is 2. The van der Waals surface area contributed by atoms with Gasteiger partial charge in [0.05, 0.1) is 11.4 Å². The van der Waals surface area contributed by atoms with Crippen LogP contribution >= 0.6 is 0 Å². The van der Waals surface area contributed by atoms with Crippen LogP contribution in [0.2, 0.25) is 0 Å². The molecule has 0 saturated heterocycles. The van der Waals surface area contributed by atoms with Crippen molar-refractivity contribution >= 4 is 16.7 Å². The molecule has 1 aliphatic carbocycles. The third-order valence-electron chi connectivity index (χ3n) is 3.93. The van der Waals surface area contributed by atoms with Crippen LogP contribution in [0.1, 0.15) is 49.6 Å². The molecule has 1 N–H and O–H groups in total. The summed E-state index contributed by atoms with van der Waals surface area (Å²) in [5, 5.41) is 6.33. The van der Waals surface area contributed by atoms with Crippen LogP contribution < -0.4 is 5.32 Å². The summed E-state index contributed by atoms with van der Waals surface area (Å²) in [6.45, 7) is 5.35. The van der Waals surface area contributed by atoms with Gasteiger partial charge >= 0.3 is 0 Å². The second kappa shape index (κ2) is 6.52. The number of carbonyl (C=O) groups excluding carboxylic acids is 1. The van der Waals surface area contributed by atoms with Crippen molar-refractivity contribution in [2.75, 3.05) is 0 Å². The van der Waals surface area contributed by atoms with Crippen molar-refractivity contribution in [1.82, 2.24) is 10.5 Å². The molecule has 0 unspecified atom stereocenters. The summed E-state index contributed by atoms with van der Waals surface area (Å²) < 4.78 is 17.4. The Bertz CT molecular complexity index is 487. The quantitative estimate of drug-likeness (QED) is 0.902. The van der Waals surface area contributed by atoms with E-state index < -0.39 is 16.0 Å². The molecule has 6 heteroatoms. The Labute approximate surface area is 121 Å². The van der Waals surface area contributed by atoms with E-state index >= 15 is 0 Å². The Morgan fingerprint density at radius 3 is 2.65 bits per heavy atom. The van der Waals surface area contributed by atoms with Crippen LogP contribution in [0.25, 0.3) is 0 Å². The molecule has 1 amide bonds. The lowest BCUT2D eigenvalue weighted by Crippen LogP contribution is -2.41. The van der Waals surface area contributed by atoms with Crippen molar-refractivity contribution in [2.45, 2.75) is 63.5 Å². The first-order valence-electron chi connectivity index (χ1n) is 7.08. The summed E-state index contributed by atoms with van der Waals surface area (Å²) in [7, 11) is -1.26. The fraction of sp³-hybridized carbons (Fsp3) is 0.714. The predicted octanol–water partition coefficient (Wildman–Crippen LogP) is 1.99. The van der Waals surface area contributed by atoms with Crippen LogP contribution in [-0.4, -0.2) is 26.6 Å². The average Bonchev–Trinajstić information content (AvgIpc) is 3.02. The minimum Gasteiger partial charge on any atom is -0.361 e. The molecule has 1 saturated carbocycles. The van der Waals surface area contributed by atoms with Gasteiger partial charge in [0.1, 0.15) is 11.0 Å². The normalized spacial score (nSPS) is 18.9. The molecule has 0 aromatic carbocycles. The first kappa shape index (κ1) is 15.2. The van der Waals surface area contributed by atoms with Gasteiger partial charge in [-0.3, -0.25) is 9.00 Å². The Balaban J connectivity index is 1.92. The molecular weight excluding hydrogens is 276 g/mol. The molecule has 112 valence electrons. The smallest absolute Gasteiger partial charge is 0.235 e. The van der Waals surface area contributed by atoms with Gasteiger partial charge in [0, 0.05) is 22.4 Å². The van der Waals surface area contributed by atoms with Crippen LogP contribution in [0.15, 0.2) is 4.52 Å². The van der Waals surface area contributed by atoms with Crippen LogP contribution in [0.5, 0.6) is 0 Å². The Morgan fingerprint density at radius 2 is 2.10 bits per heavy atom. The Morgan fingerprint density at radius 1 is 1.45 bits per heavy atom. The first-order chi connectivity index (χ1) is 9.49. The van der Waals surface area contributed by atoms with E-state index in [-0.39, 0.29) is 11.9 Å². The van der Waals surface area contributed by atoms with Gasteiger partial charge in [-0.25, -0.2) is 0 Å². The topological polar surface area (TPSA) is 72.2 Å². The molecule has 1 aromatic heterocycles. The largest absolute Gasteiger partial charge is 0.361 e. The maximum absolute atomic E-state index is 12.3. The third kappa shape index (κ3) is 3.48. The van der Waals surface area contributed by atoms with Crippen LogP contribution in [0.3, 0.4) is 0 Å². The van der Waals surface area contributed by atoms with Gasteiger partial charge in [0.15, 0.2) is 0 Å². The Kier molecular flexibility index (Phi) is 4.96. The third-order valence-corrected chi connectivity index (χ3v) is 5.51. The standard InChI is InChI=1S/C14H22N2O3S/c1-9-13(10(2)19-16-9)8-20(18)11(3)14(17)15-12-6-4-5-7-12/h11-12H,4-8H2,1-3H3,(H,15,17)/t11-,20+/m0/s1. The highest BCUT2D eigenvalue weighted by molar-refractivity contribution is 7.85. The van der Waals surface area contributed by atoms with Gasteiger partial charge in [-0.1, -0.05) is 18.0 Å². The monoisotopic (exact) mass is 298 g/mol. The first-order valence-corrected chi connectivity index (χ1v) is 8.46. The molecule has 1 fully saturated rings. The number of aromatic nitrogens is 1. The number of nitrogens with zero attached hydrogens (tertiary/aromatic N) is 1. The van der Waals surface area contributed by atoms with Crippen molar-refractivity contribution in [3.8, 4) is 0 Å². The van der Waals surface area contributed by atoms with Crippen molar-refractivity contribution in [3.63, 3.8) is 0 Å². The molecule has 0 radical (unpaired) electrons. The van der Waals surface area contributed by atoms with E-state index in [4.69, 9.17) is 4.52 Å². The molecule has 20 heavy (non-hydrogen) atoms. The predicted molar refractivity (Wildman–Crippen MR) is 77.7 cm³/mol. The highest BCUT2D eigenvalue weighted by Gasteiger charge is 2.25. The lowest BCUT2D eigenvalue weighted by Gasteiger charge is -2.16. The molecule has 2 atom stereocenters. The molecule has 2 rings (SSSR count). The van der Waals surface area contributed by atoms with Crippen LogP contribution in [0.4, 0.5) is 0 Å². The highest BCUT2D eigenvalue weighted by atomic mass is 32.2. The Hall–Kier alpha value is -1.17. The van der Waals surface area contributed by atoms with Crippen LogP contribution in [0, 0.1) is 13.8 Å². The molecule has 1 aliphatic rings. The van der Waals surface area contributed by atoms with Gasteiger partial charge < -0.3 is 9.84 Å². The van der Waals surface area contributed by atoms with Crippen LogP contribution in [-0.2, 0) is 21.3 Å². The SMILES string of the molecule is Cc1noc(C)c1C[S@@](=O)[C@@H](C)C(=O)NC1CCCC1. The van der Waals surface area contributed by atoms with E-state index in [1.54, 1.807) is 13.8 Å². The summed E-state index contributed by atoms with van der Waals surface area (Å²) in [5.74, 6) is 0.890. The molecule has 5 nitrogen and oxygen atoms in total. The fourth-order valence-corrected chi connectivity index (χ4v) is 3.74. The second-order valence-corrected chi connectivity index (χ2v) is 7.22. The number of rotatable bonds is 5. The summed E-state index contributed by atoms with van der Waals surface area (Å²) >= 11 is 0. The molecule has 1 aromatic rings. The molecular formula is C14H22N2O3S. The number of carbonyl (C=O) groups is 1. The number of amides is 1. The van der Waals surface area contributed by atoms with Gasteiger partial charge in [0.25, 0.3) is 0 Å². The minimum atomic E-state index is -1.26. The molecule has 0 aliphatic heterocycles. The van der Waals surface area contributed by atoms with Crippen molar-refractivity contribution in [3.05, 3.63) is 17.0 Å². The second-order valence-electron chi connectivity index (χ2n) is 5.46. The van der Waals surface area contributed by atoms with E-state index in [1.165, 1.54) is 12.8 Å². The summed E-state index contributed by atoms with van der Waals surface area (Å²) in [6, 6.07) is 0.265. The lowest BCUT2D eigenvalue weighted by atomic mass is 10.2. The lowest BCUT2D eigenvalue weighted by molar-refractivity contribution is -0.121. The maximum atomic E-state index is 12.3. The van der Waals surface area contributed by atoms with Gasteiger partial charge in [0.2, 0.25) is 5.91 Å². The summed E-state index contributed by atoms with van der Waals surface area (Å²) in [5.41, 5.74) is 1.60. The maximum Gasteiger partial charge on any atom is 0.235 e. The van der Waals surface area contributed by atoms with E-state index in [0.717, 1.165) is 24.1 Å². The zero-order valence-corrected chi connectivity index (χ0v) is 13.1. The van der Waals surface area contributed by atoms with E-state index in [1.807, 2.05) is 6.92 Å². The zero-order valence-electron chi connectivity index (χ0n) is 12.3. The molecule has 1 heterocycles. The van der Waals surface area contributed by atoms with Gasteiger partial charge in [-0.2, -0.15) is 0 Å². The number of hydrogen-bond donors (Lipinski definition) is 1. The number of nitrogens with one attached hydrogen (secondary N) is 1. The fourth-order valence-electron chi connectivity index (χ4n) is 2.48. The van der Waals surface area contributed by atoms with E-state index in [9.17, 15) is 9.00 Å². The minimum absolute atomic E-state index is 0.109. The zero-order chi connectivity index (χ0) is 14.7. The average molecular weight is 298 g/mol. The summed E-state index contributed by atoms with van der Waals surface area (Å²) in [4.78, 5) is 12.1.